The first kappa shape index (κ1) is 17.7. The van der Waals surface area contributed by atoms with Gasteiger partial charge in [0.1, 0.15) is 0 Å². The number of carbonyl (C=O) groups excluding carboxylic acids is 1. The van der Waals surface area contributed by atoms with Crippen molar-refractivity contribution in [2.45, 2.75) is 38.1 Å². The lowest BCUT2D eigenvalue weighted by Gasteiger charge is -2.29. The van der Waals surface area contributed by atoms with Crippen LogP contribution in [0.25, 0.3) is 0 Å². The van der Waals surface area contributed by atoms with Crippen molar-refractivity contribution >= 4 is 11.7 Å². The lowest BCUT2D eigenvalue weighted by atomic mass is 9.88. The molecule has 2 aliphatic heterocycles. The second kappa shape index (κ2) is 7.87. The Morgan fingerprint density at radius 3 is 2.96 bits per heavy atom. The van der Waals surface area contributed by atoms with E-state index in [4.69, 9.17) is 4.74 Å². The zero-order valence-corrected chi connectivity index (χ0v) is 15.3. The van der Waals surface area contributed by atoms with E-state index in [0.29, 0.717) is 5.57 Å². The maximum atomic E-state index is 12.0. The Balaban J connectivity index is 1.72. The smallest absolute Gasteiger partial charge is 0.335 e. The maximum absolute atomic E-state index is 12.0. The van der Waals surface area contributed by atoms with Crippen LogP contribution in [-0.2, 0) is 9.53 Å². The van der Waals surface area contributed by atoms with Crippen molar-refractivity contribution in [2.24, 2.45) is 0 Å². The summed E-state index contributed by atoms with van der Waals surface area (Å²) in [5.74, 6) is -0.0803. The summed E-state index contributed by atoms with van der Waals surface area (Å²) in [6.07, 6.45) is 5.65. The van der Waals surface area contributed by atoms with Crippen LogP contribution in [0.15, 0.2) is 48.1 Å². The molecule has 0 aromatic heterocycles. The Morgan fingerprint density at radius 2 is 2.20 bits per heavy atom. The number of rotatable bonds is 6. The van der Waals surface area contributed by atoms with Gasteiger partial charge in [0.25, 0.3) is 0 Å². The number of methoxy groups -OCH3 is 1. The third-order valence-corrected chi connectivity index (χ3v) is 5.41. The first-order chi connectivity index (χ1) is 12.1. The van der Waals surface area contributed by atoms with Crippen molar-refractivity contribution in [3.8, 4) is 0 Å². The van der Waals surface area contributed by atoms with Crippen LogP contribution < -0.4 is 5.32 Å². The number of nitrogens with zero attached hydrogens (tertiary/aromatic N) is 1. The van der Waals surface area contributed by atoms with E-state index in [2.05, 4.69) is 48.0 Å². The zero-order chi connectivity index (χ0) is 17.8. The van der Waals surface area contributed by atoms with Crippen LogP contribution >= 0.6 is 0 Å². The number of para-hydroxylation sites is 1. The third kappa shape index (κ3) is 3.79. The molecule has 0 spiro atoms. The van der Waals surface area contributed by atoms with Gasteiger partial charge in [-0.2, -0.15) is 0 Å². The molecule has 0 aliphatic carbocycles. The number of ether oxygens (including phenoxy) is 1. The molecule has 25 heavy (non-hydrogen) atoms. The summed E-state index contributed by atoms with van der Waals surface area (Å²) in [4.78, 5) is 14.5. The highest BCUT2D eigenvalue weighted by Crippen LogP contribution is 2.40. The maximum Gasteiger partial charge on any atom is 0.335 e. The van der Waals surface area contributed by atoms with Gasteiger partial charge in [0.05, 0.1) is 18.7 Å². The molecular weight excluding hydrogens is 312 g/mol. The van der Waals surface area contributed by atoms with E-state index in [1.54, 1.807) is 0 Å². The van der Waals surface area contributed by atoms with Crippen LogP contribution in [0.2, 0.25) is 0 Å². The molecule has 0 bridgehead atoms. The van der Waals surface area contributed by atoms with Gasteiger partial charge in [-0.05, 0) is 37.4 Å². The molecule has 4 nitrogen and oxygen atoms in total. The second-order valence-corrected chi connectivity index (χ2v) is 6.90. The van der Waals surface area contributed by atoms with Crippen molar-refractivity contribution in [1.82, 2.24) is 4.90 Å². The fourth-order valence-corrected chi connectivity index (χ4v) is 3.96. The molecule has 0 amide bonds. The SMILES string of the molecule is C=C(C(=O)OC)[C@@H]1Nc2ccccc2[C@H]1CCN1CCC=C(CC)C1. The topological polar surface area (TPSA) is 41.6 Å². The summed E-state index contributed by atoms with van der Waals surface area (Å²) in [5.41, 5.74) is 4.43. The van der Waals surface area contributed by atoms with E-state index in [1.165, 1.54) is 18.2 Å². The van der Waals surface area contributed by atoms with Gasteiger partial charge in [0.2, 0.25) is 0 Å². The zero-order valence-electron chi connectivity index (χ0n) is 15.3. The number of carbonyl (C=O) groups is 1. The largest absolute Gasteiger partial charge is 0.466 e. The number of fused-ring (bicyclic) bond motifs is 1. The molecule has 4 heteroatoms. The average Bonchev–Trinajstić information content (AvgIpc) is 3.03. The number of nitrogens with one attached hydrogen (secondary N) is 1. The summed E-state index contributed by atoms with van der Waals surface area (Å²) in [6, 6.07) is 8.23. The minimum absolute atomic E-state index is 0.0872. The molecule has 1 N–H and O–H groups in total. The van der Waals surface area contributed by atoms with Gasteiger partial charge in [-0.15, -0.1) is 0 Å². The van der Waals surface area contributed by atoms with E-state index in [0.717, 1.165) is 44.6 Å². The van der Waals surface area contributed by atoms with Gasteiger partial charge in [0.15, 0.2) is 0 Å². The number of hydrogen-bond donors (Lipinski definition) is 1. The molecule has 0 fully saturated rings. The Hall–Kier alpha value is -2.07. The molecule has 134 valence electrons. The summed E-state index contributed by atoms with van der Waals surface area (Å²) in [5, 5.41) is 3.48. The summed E-state index contributed by atoms with van der Waals surface area (Å²) < 4.78 is 4.90. The van der Waals surface area contributed by atoms with Crippen LogP contribution in [-0.4, -0.2) is 43.7 Å². The number of hydrogen-bond acceptors (Lipinski definition) is 4. The molecule has 2 atom stereocenters. The van der Waals surface area contributed by atoms with Crippen molar-refractivity contribution in [3.05, 3.63) is 53.6 Å². The highest BCUT2D eigenvalue weighted by Gasteiger charge is 2.36. The molecule has 1 aromatic carbocycles. The standard InChI is InChI=1S/C21H28N2O2/c1-4-16-8-7-12-23(14-16)13-11-18-17-9-5-6-10-19(17)22-20(18)15(2)21(24)25-3/h5-6,8-10,18,20,22H,2,4,7,11-14H2,1,3H3/t18-,20+/m1/s1. The molecule has 0 saturated heterocycles. The van der Waals surface area contributed by atoms with E-state index < -0.39 is 0 Å². The predicted octanol–water partition coefficient (Wildman–Crippen LogP) is 3.73. The Morgan fingerprint density at radius 1 is 1.40 bits per heavy atom. The van der Waals surface area contributed by atoms with E-state index in [1.807, 2.05) is 6.07 Å². The normalized spacial score (nSPS) is 22.7. The molecular formula is C21H28N2O2. The number of esters is 1. The van der Waals surface area contributed by atoms with Crippen LogP contribution in [0.5, 0.6) is 0 Å². The van der Waals surface area contributed by atoms with Crippen LogP contribution in [0.1, 0.15) is 37.7 Å². The van der Waals surface area contributed by atoms with Crippen molar-refractivity contribution in [1.29, 1.82) is 0 Å². The van der Waals surface area contributed by atoms with Gasteiger partial charge in [-0.3, -0.25) is 4.90 Å². The molecule has 1 aromatic rings. The first-order valence-electron chi connectivity index (χ1n) is 9.16. The third-order valence-electron chi connectivity index (χ3n) is 5.41. The number of anilines is 1. The van der Waals surface area contributed by atoms with E-state index in [9.17, 15) is 4.79 Å². The quantitative estimate of drug-likeness (QED) is 0.487. The monoisotopic (exact) mass is 340 g/mol. The molecule has 0 saturated carbocycles. The minimum Gasteiger partial charge on any atom is -0.466 e. The molecule has 2 aliphatic rings. The highest BCUT2D eigenvalue weighted by molar-refractivity contribution is 5.90. The van der Waals surface area contributed by atoms with Gasteiger partial charge in [-0.1, -0.05) is 43.4 Å². The van der Waals surface area contributed by atoms with E-state index in [-0.39, 0.29) is 17.9 Å². The van der Waals surface area contributed by atoms with Gasteiger partial charge >= 0.3 is 5.97 Å². The minimum atomic E-state index is -0.329. The Labute approximate surface area is 150 Å². The fraction of sp³-hybridized carbons (Fsp3) is 0.476. The van der Waals surface area contributed by atoms with Crippen molar-refractivity contribution < 1.29 is 9.53 Å². The lowest BCUT2D eigenvalue weighted by molar-refractivity contribution is -0.136. The summed E-state index contributed by atoms with van der Waals surface area (Å²) in [7, 11) is 1.41. The van der Waals surface area contributed by atoms with Gasteiger partial charge < -0.3 is 10.1 Å². The Bertz CT molecular complexity index is 680. The summed E-state index contributed by atoms with van der Waals surface area (Å²) >= 11 is 0. The van der Waals surface area contributed by atoms with Crippen molar-refractivity contribution in [3.63, 3.8) is 0 Å². The molecule has 3 rings (SSSR count). The van der Waals surface area contributed by atoms with Crippen LogP contribution in [0.3, 0.4) is 0 Å². The fourth-order valence-electron chi connectivity index (χ4n) is 3.96. The average molecular weight is 340 g/mol. The lowest BCUT2D eigenvalue weighted by Crippen LogP contribution is -2.34. The second-order valence-electron chi connectivity index (χ2n) is 6.90. The highest BCUT2D eigenvalue weighted by atomic mass is 16.5. The van der Waals surface area contributed by atoms with Crippen LogP contribution in [0, 0.1) is 0 Å². The first-order valence-corrected chi connectivity index (χ1v) is 9.16. The Kier molecular flexibility index (Phi) is 5.59. The van der Waals surface area contributed by atoms with E-state index >= 15 is 0 Å². The summed E-state index contributed by atoms with van der Waals surface area (Å²) in [6.45, 7) is 9.45. The molecule has 0 unspecified atom stereocenters. The number of benzene rings is 1. The predicted molar refractivity (Wildman–Crippen MR) is 102 cm³/mol. The van der Waals surface area contributed by atoms with Crippen molar-refractivity contribution in [2.75, 3.05) is 32.1 Å². The van der Waals surface area contributed by atoms with Gasteiger partial charge in [-0.25, -0.2) is 4.79 Å². The van der Waals surface area contributed by atoms with Crippen LogP contribution in [0.4, 0.5) is 5.69 Å². The molecule has 0 radical (unpaired) electrons. The van der Waals surface area contributed by atoms with Gasteiger partial charge in [0, 0.05) is 24.7 Å². The molecule has 2 heterocycles.